The Balaban J connectivity index is 1.98. The minimum Gasteiger partial charge on any atom is -0.478 e. The Morgan fingerprint density at radius 3 is 2.26 bits per heavy atom. The number of primary amides is 1. The SMILES string of the molecule is NC(=O)C(c1ccccc1)C(c1nc2ccc(C(=O)O)cc2[nH]1)c1c(Cl)cccc1Cl. The van der Waals surface area contributed by atoms with Crippen LogP contribution in [0.3, 0.4) is 0 Å². The molecule has 31 heavy (non-hydrogen) atoms. The molecule has 6 nitrogen and oxygen atoms in total. The average molecular weight is 454 g/mol. The quantitative estimate of drug-likeness (QED) is 0.382. The van der Waals surface area contributed by atoms with E-state index in [4.69, 9.17) is 28.9 Å². The number of nitrogens with one attached hydrogen (secondary N) is 1. The number of halogens is 2. The fourth-order valence-corrected chi connectivity index (χ4v) is 4.39. The highest BCUT2D eigenvalue weighted by atomic mass is 35.5. The maximum absolute atomic E-state index is 12.7. The van der Waals surface area contributed by atoms with E-state index in [2.05, 4.69) is 9.97 Å². The number of rotatable bonds is 6. The minimum absolute atomic E-state index is 0.115. The largest absolute Gasteiger partial charge is 0.478 e. The van der Waals surface area contributed by atoms with E-state index in [-0.39, 0.29) is 5.56 Å². The fourth-order valence-electron chi connectivity index (χ4n) is 3.76. The first-order valence-corrected chi connectivity index (χ1v) is 10.1. The van der Waals surface area contributed by atoms with Crippen LogP contribution in [-0.4, -0.2) is 27.0 Å². The highest BCUT2D eigenvalue weighted by Gasteiger charge is 2.36. The number of hydrogen-bond acceptors (Lipinski definition) is 3. The molecule has 2 atom stereocenters. The Hall–Kier alpha value is -3.35. The van der Waals surface area contributed by atoms with Gasteiger partial charge in [-0.1, -0.05) is 59.6 Å². The summed E-state index contributed by atoms with van der Waals surface area (Å²) < 4.78 is 0. The van der Waals surface area contributed by atoms with Crippen molar-refractivity contribution < 1.29 is 14.7 Å². The van der Waals surface area contributed by atoms with Crippen LogP contribution in [-0.2, 0) is 4.79 Å². The van der Waals surface area contributed by atoms with Crippen molar-refractivity contribution in [3.63, 3.8) is 0 Å². The van der Waals surface area contributed by atoms with Crippen LogP contribution in [0.2, 0.25) is 10.0 Å². The molecule has 0 aliphatic heterocycles. The van der Waals surface area contributed by atoms with Crippen molar-refractivity contribution in [3.8, 4) is 0 Å². The van der Waals surface area contributed by atoms with Crippen LogP contribution in [0, 0.1) is 0 Å². The molecule has 0 saturated heterocycles. The number of nitrogens with zero attached hydrogens (tertiary/aromatic N) is 1. The molecule has 0 saturated carbocycles. The van der Waals surface area contributed by atoms with Gasteiger partial charge in [-0.25, -0.2) is 9.78 Å². The molecular weight excluding hydrogens is 437 g/mol. The number of benzene rings is 3. The number of carbonyl (C=O) groups is 2. The number of carbonyl (C=O) groups excluding carboxylic acids is 1. The van der Waals surface area contributed by atoms with E-state index in [1.54, 1.807) is 36.4 Å². The van der Waals surface area contributed by atoms with E-state index in [1.807, 2.05) is 18.2 Å². The minimum atomic E-state index is -1.05. The Labute approximate surface area is 187 Å². The number of aromatic carboxylic acids is 1. The van der Waals surface area contributed by atoms with Crippen molar-refractivity contribution in [2.45, 2.75) is 11.8 Å². The van der Waals surface area contributed by atoms with E-state index in [1.165, 1.54) is 12.1 Å². The maximum Gasteiger partial charge on any atom is 0.335 e. The molecule has 1 heterocycles. The Bertz CT molecular complexity index is 1270. The lowest BCUT2D eigenvalue weighted by Crippen LogP contribution is -2.28. The molecule has 0 spiro atoms. The third kappa shape index (κ3) is 4.00. The molecule has 8 heteroatoms. The number of amides is 1. The summed E-state index contributed by atoms with van der Waals surface area (Å²) in [6.07, 6.45) is 0. The van der Waals surface area contributed by atoms with Crippen LogP contribution in [0.4, 0.5) is 0 Å². The molecule has 0 aliphatic carbocycles. The van der Waals surface area contributed by atoms with Gasteiger partial charge >= 0.3 is 5.97 Å². The zero-order chi connectivity index (χ0) is 22.1. The van der Waals surface area contributed by atoms with Crippen molar-refractivity contribution in [3.05, 3.63) is 99.3 Å². The first kappa shape index (κ1) is 20.9. The lowest BCUT2D eigenvalue weighted by molar-refractivity contribution is -0.119. The van der Waals surface area contributed by atoms with Crippen LogP contribution in [0.1, 0.15) is 39.1 Å². The van der Waals surface area contributed by atoms with Gasteiger partial charge in [0.1, 0.15) is 5.82 Å². The highest BCUT2D eigenvalue weighted by Crippen LogP contribution is 2.43. The molecular formula is C23H17Cl2N3O3. The van der Waals surface area contributed by atoms with Crippen LogP contribution >= 0.6 is 23.2 Å². The predicted octanol–water partition coefficient (Wildman–Crippen LogP) is 4.97. The summed E-state index contributed by atoms with van der Waals surface area (Å²) in [5, 5.41) is 10.0. The number of nitrogens with two attached hydrogens (primary N) is 1. The van der Waals surface area contributed by atoms with E-state index in [0.29, 0.717) is 38.0 Å². The summed E-state index contributed by atoms with van der Waals surface area (Å²) in [6, 6.07) is 18.7. The summed E-state index contributed by atoms with van der Waals surface area (Å²) in [5.74, 6) is -2.76. The van der Waals surface area contributed by atoms with Gasteiger partial charge in [-0.15, -0.1) is 0 Å². The van der Waals surface area contributed by atoms with Crippen LogP contribution in [0.15, 0.2) is 66.7 Å². The molecule has 1 aromatic heterocycles. The monoisotopic (exact) mass is 453 g/mol. The predicted molar refractivity (Wildman–Crippen MR) is 120 cm³/mol. The van der Waals surface area contributed by atoms with E-state index in [9.17, 15) is 14.7 Å². The van der Waals surface area contributed by atoms with Gasteiger partial charge in [0.05, 0.1) is 28.4 Å². The van der Waals surface area contributed by atoms with Crippen molar-refractivity contribution in [2.24, 2.45) is 5.73 Å². The molecule has 4 aromatic rings. The Morgan fingerprint density at radius 2 is 1.65 bits per heavy atom. The molecule has 0 bridgehead atoms. The lowest BCUT2D eigenvalue weighted by atomic mass is 9.80. The summed E-state index contributed by atoms with van der Waals surface area (Å²) in [6.45, 7) is 0. The lowest BCUT2D eigenvalue weighted by Gasteiger charge is -2.26. The number of fused-ring (bicyclic) bond motifs is 1. The zero-order valence-corrected chi connectivity index (χ0v) is 17.6. The summed E-state index contributed by atoms with van der Waals surface area (Å²) in [5.41, 5.74) is 8.23. The molecule has 0 aliphatic rings. The third-order valence-electron chi connectivity index (χ3n) is 5.15. The second kappa shape index (κ2) is 8.41. The number of carboxylic acid groups (broad SMARTS) is 1. The van der Waals surface area contributed by atoms with Crippen LogP contribution < -0.4 is 5.73 Å². The number of H-pyrrole nitrogens is 1. The summed E-state index contributed by atoms with van der Waals surface area (Å²) in [7, 11) is 0. The Kier molecular flexibility index (Phi) is 5.67. The van der Waals surface area contributed by atoms with Crippen LogP contribution in [0.5, 0.6) is 0 Å². The second-order valence-electron chi connectivity index (χ2n) is 7.06. The number of carboxylic acids is 1. The highest BCUT2D eigenvalue weighted by molar-refractivity contribution is 6.36. The van der Waals surface area contributed by atoms with Gasteiger partial charge in [0.25, 0.3) is 0 Å². The van der Waals surface area contributed by atoms with Crippen molar-refractivity contribution in [1.29, 1.82) is 0 Å². The van der Waals surface area contributed by atoms with Gasteiger partial charge in [-0.05, 0) is 35.9 Å². The number of imidazole rings is 1. The van der Waals surface area contributed by atoms with Crippen molar-refractivity contribution in [2.75, 3.05) is 0 Å². The van der Waals surface area contributed by atoms with Gasteiger partial charge in [0.2, 0.25) is 5.91 Å². The van der Waals surface area contributed by atoms with Gasteiger partial charge in [0.15, 0.2) is 0 Å². The molecule has 3 aromatic carbocycles. The zero-order valence-electron chi connectivity index (χ0n) is 16.0. The van der Waals surface area contributed by atoms with Crippen LogP contribution in [0.25, 0.3) is 11.0 Å². The average Bonchev–Trinajstić information content (AvgIpc) is 3.16. The van der Waals surface area contributed by atoms with E-state index in [0.717, 1.165) is 0 Å². The normalized spacial score (nSPS) is 13.1. The first-order valence-electron chi connectivity index (χ1n) is 9.38. The number of aromatic nitrogens is 2. The second-order valence-corrected chi connectivity index (χ2v) is 7.88. The Morgan fingerprint density at radius 1 is 0.968 bits per heavy atom. The standard InChI is InChI=1S/C23H17Cl2N3O3/c24-14-7-4-8-15(25)19(14)20(18(21(26)29)12-5-2-1-3-6-12)22-27-16-10-9-13(23(30)31)11-17(16)28-22/h1-11,18,20H,(H2,26,29)(H,27,28)(H,30,31). The first-order chi connectivity index (χ1) is 14.9. The van der Waals surface area contributed by atoms with E-state index >= 15 is 0 Å². The van der Waals surface area contributed by atoms with Gasteiger partial charge in [-0.3, -0.25) is 4.79 Å². The molecule has 4 N–H and O–H groups in total. The summed E-state index contributed by atoms with van der Waals surface area (Å²) >= 11 is 13.0. The van der Waals surface area contributed by atoms with Gasteiger partial charge in [-0.2, -0.15) is 0 Å². The maximum atomic E-state index is 12.7. The topological polar surface area (TPSA) is 109 Å². The fraction of sp³-hybridized carbons (Fsp3) is 0.0870. The van der Waals surface area contributed by atoms with Crippen molar-refractivity contribution >= 4 is 46.1 Å². The number of aromatic amines is 1. The van der Waals surface area contributed by atoms with E-state index < -0.39 is 23.7 Å². The third-order valence-corrected chi connectivity index (χ3v) is 5.81. The van der Waals surface area contributed by atoms with Gasteiger partial charge in [0, 0.05) is 15.6 Å². The van der Waals surface area contributed by atoms with Gasteiger partial charge < -0.3 is 15.8 Å². The molecule has 4 rings (SSSR count). The summed E-state index contributed by atoms with van der Waals surface area (Å²) in [4.78, 5) is 31.8. The molecule has 1 amide bonds. The number of hydrogen-bond donors (Lipinski definition) is 3. The molecule has 156 valence electrons. The molecule has 2 unspecified atom stereocenters. The van der Waals surface area contributed by atoms with Crippen molar-refractivity contribution in [1.82, 2.24) is 9.97 Å². The molecule has 0 radical (unpaired) electrons. The smallest absolute Gasteiger partial charge is 0.335 e. The molecule has 0 fully saturated rings.